The van der Waals surface area contributed by atoms with Crippen LogP contribution in [0.1, 0.15) is 20.8 Å². The summed E-state index contributed by atoms with van der Waals surface area (Å²) >= 11 is 0. The predicted octanol–water partition coefficient (Wildman–Crippen LogP) is 0.971. The van der Waals surface area contributed by atoms with E-state index >= 15 is 0 Å². The van der Waals surface area contributed by atoms with Gasteiger partial charge in [0.25, 0.3) is 0 Å². The molecular weight excluding hydrogens is 261 g/mol. The van der Waals surface area contributed by atoms with Gasteiger partial charge in [-0.1, -0.05) is 0 Å². The zero-order valence-electron chi connectivity index (χ0n) is 11.6. The van der Waals surface area contributed by atoms with E-state index in [2.05, 4.69) is 15.6 Å². The van der Waals surface area contributed by atoms with Gasteiger partial charge in [0.2, 0.25) is 5.91 Å². The smallest absolute Gasteiger partial charge is 0.357 e. The standard InChI is InChI=1S/C11H21F3N4O/c1-5-15-10(17-8(2)3)16-6-9(19)18(4)7-11(12,13)14/h8H,5-7H2,1-4H3,(H2,15,16,17). The molecule has 8 heteroatoms. The number of likely N-dealkylation sites (N-methyl/N-ethyl adjacent to an activating group) is 1. The number of rotatable bonds is 5. The number of halogens is 3. The van der Waals surface area contributed by atoms with Crippen molar-refractivity contribution in [3.05, 3.63) is 0 Å². The molecule has 0 spiro atoms. The molecule has 19 heavy (non-hydrogen) atoms. The molecule has 112 valence electrons. The molecular formula is C11H21F3N4O. The zero-order valence-corrected chi connectivity index (χ0v) is 11.6. The minimum atomic E-state index is -4.39. The molecule has 0 aliphatic heterocycles. The summed E-state index contributed by atoms with van der Waals surface area (Å²) in [6, 6.07) is 0.112. The van der Waals surface area contributed by atoms with Gasteiger partial charge in [0, 0.05) is 19.6 Å². The SMILES string of the molecule is CCNC(=NCC(=O)N(C)CC(F)(F)F)NC(C)C. The van der Waals surface area contributed by atoms with E-state index in [9.17, 15) is 18.0 Å². The molecule has 0 heterocycles. The summed E-state index contributed by atoms with van der Waals surface area (Å²) < 4.78 is 36.3. The first-order valence-electron chi connectivity index (χ1n) is 6.01. The molecule has 0 aromatic carbocycles. The Hall–Kier alpha value is -1.47. The average Bonchev–Trinajstić information content (AvgIpc) is 2.22. The van der Waals surface area contributed by atoms with Crippen molar-refractivity contribution >= 4 is 11.9 Å². The van der Waals surface area contributed by atoms with E-state index in [-0.39, 0.29) is 12.6 Å². The maximum absolute atomic E-state index is 12.1. The normalized spacial score (nSPS) is 12.5. The number of alkyl halides is 3. The van der Waals surface area contributed by atoms with E-state index < -0.39 is 18.6 Å². The van der Waals surface area contributed by atoms with E-state index in [0.717, 1.165) is 7.05 Å². The lowest BCUT2D eigenvalue weighted by atomic mass is 10.4. The highest BCUT2D eigenvalue weighted by Gasteiger charge is 2.30. The largest absolute Gasteiger partial charge is 0.406 e. The molecule has 0 aliphatic carbocycles. The van der Waals surface area contributed by atoms with Crippen LogP contribution in [0.25, 0.3) is 0 Å². The molecule has 0 aromatic heterocycles. The molecule has 0 bridgehead atoms. The van der Waals surface area contributed by atoms with Crippen molar-refractivity contribution in [3.8, 4) is 0 Å². The summed E-state index contributed by atoms with van der Waals surface area (Å²) in [6.07, 6.45) is -4.39. The molecule has 1 amide bonds. The third kappa shape index (κ3) is 9.15. The number of amides is 1. The van der Waals surface area contributed by atoms with Gasteiger partial charge in [0.15, 0.2) is 5.96 Å². The fraction of sp³-hybridized carbons (Fsp3) is 0.818. The molecule has 0 aliphatic rings. The lowest BCUT2D eigenvalue weighted by Crippen LogP contribution is -2.42. The van der Waals surface area contributed by atoms with Crippen LogP contribution in [0.3, 0.4) is 0 Å². The summed E-state index contributed by atoms with van der Waals surface area (Å²) in [7, 11) is 1.11. The van der Waals surface area contributed by atoms with E-state index in [1.165, 1.54) is 0 Å². The molecule has 5 nitrogen and oxygen atoms in total. The number of carbonyl (C=O) groups is 1. The van der Waals surface area contributed by atoms with Crippen molar-refractivity contribution in [1.82, 2.24) is 15.5 Å². The number of carbonyl (C=O) groups excluding carboxylic acids is 1. The minimum Gasteiger partial charge on any atom is -0.357 e. The van der Waals surface area contributed by atoms with Gasteiger partial charge in [0.05, 0.1) is 0 Å². The Bertz CT molecular complexity index is 316. The number of aliphatic imine (C=N–C) groups is 1. The van der Waals surface area contributed by atoms with Gasteiger partial charge in [-0.05, 0) is 20.8 Å². The Morgan fingerprint density at radius 3 is 2.37 bits per heavy atom. The quantitative estimate of drug-likeness (QED) is 0.583. The van der Waals surface area contributed by atoms with Crippen molar-refractivity contribution in [2.24, 2.45) is 4.99 Å². The van der Waals surface area contributed by atoms with Crippen molar-refractivity contribution in [2.75, 3.05) is 26.7 Å². The van der Waals surface area contributed by atoms with Gasteiger partial charge in [-0.2, -0.15) is 13.2 Å². The number of hydrogen-bond donors (Lipinski definition) is 2. The highest BCUT2D eigenvalue weighted by atomic mass is 19.4. The zero-order chi connectivity index (χ0) is 15.1. The number of nitrogens with one attached hydrogen (secondary N) is 2. The van der Waals surface area contributed by atoms with Crippen molar-refractivity contribution in [2.45, 2.75) is 33.0 Å². The van der Waals surface area contributed by atoms with Gasteiger partial charge in [-0.15, -0.1) is 0 Å². The van der Waals surface area contributed by atoms with E-state index in [1.54, 1.807) is 0 Å². The molecule has 0 unspecified atom stereocenters. The first-order chi connectivity index (χ1) is 8.65. The number of nitrogens with zero attached hydrogens (tertiary/aromatic N) is 2. The first-order valence-corrected chi connectivity index (χ1v) is 6.01. The molecule has 0 atom stereocenters. The number of guanidine groups is 1. The summed E-state index contributed by atoms with van der Waals surface area (Å²) in [5.74, 6) is -0.274. The fourth-order valence-electron chi connectivity index (χ4n) is 1.22. The van der Waals surface area contributed by atoms with Crippen LogP contribution in [0.5, 0.6) is 0 Å². The maximum Gasteiger partial charge on any atom is 0.406 e. The Balaban J connectivity index is 4.43. The maximum atomic E-state index is 12.1. The lowest BCUT2D eigenvalue weighted by Gasteiger charge is -2.18. The molecule has 2 N–H and O–H groups in total. The molecule has 0 radical (unpaired) electrons. The van der Waals surface area contributed by atoms with Crippen LogP contribution in [0.2, 0.25) is 0 Å². The Labute approximate surface area is 111 Å². The molecule has 0 rings (SSSR count). The van der Waals surface area contributed by atoms with Gasteiger partial charge in [-0.3, -0.25) is 4.79 Å². The van der Waals surface area contributed by atoms with Crippen LogP contribution >= 0.6 is 0 Å². The third-order valence-corrected chi connectivity index (χ3v) is 1.98. The molecule has 0 fully saturated rings. The second kappa shape index (κ2) is 7.85. The summed E-state index contributed by atoms with van der Waals surface area (Å²) in [6.45, 7) is 4.65. The lowest BCUT2D eigenvalue weighted by molar-refractivity contribution is -0.157. The van der Waals surface area contributed by atoms with Crippen LogP contribution in [-0.4, -0.2) is 55.7 Å². The highest BCUT2D eigenvalue weighted by molar-refractivity contribution is 5.85. The molecule has 0 saturated heterocycles. The second-order valence-corrected chi connectivity index (χ2v) is 4.36. The Kier molecular flexibility index (Phi) is 7.25. The van der Waals surface area contributed by atoms with Gasteiger partial charge in [-0.25, -0.2) is 4.99 Å². The van der Waals surface area contributed by atoms with Gasteiger partial charge in [0.1, 0.15) is 13.1 Å². The highest BCUT2D eigenvalue weighted by Crippen LogP contribution is 2.15. The third-order valence-electron chi connectivity index (χ3n) is 1.98. The van der Waals surface area contributed by atoms with Crippen molar-refractivity contribution in [1.29, 1.82) is 0 Å². The second-order valence-electron chi connectivity index (χ2n) is 4.36. The predicted molar refractivity (Wildman–Crippen MR) is 67.9 cm³/mol. The molecule has 0 aromatic rings. The van der Waals surface area contributed by atoms with Crippen LogP contribution in [0.15, 0.2) is 4.99 Å². The minimum absolute atomic E-state index is 0.112. The van der Waals surface area contributed by atoms with E-state index in [0.29, 0.717) is 17.4 Å². The topological polar surface area (TPSA) is 56.7 Å². The summed E-state index contributed by atoms with van der Waals surface area (Å²) in [5, 5.41) is 5.87. The van der Waals surface area contributed by atoms with E-state index in [1.807, 2.05) is 20.8 Å². The molecule has 0 saturated carbocycles. The van der Waals surface area contributed by atoms with Gasteiger partial charge >= 0.3 is 6.18 Å². The fourth-order valence-corrected chi connectivity index (χ4v) is 1.22. The Morgan fingerprint density at radius 1 is 1.37 bits per heavy atom. The average molecular weight is 282 g/mol. The Morgan fingerprint density at radius 2 is 1.95 bits per heavy atom. The van der Waals surface area contributed by atoms with Crippen LogP contribution in [0, 0.1) is 0 Å². The first kappa shape index (κ1) is 17.5. The number of hydrogen-bond acceptors (Lipinski definition) is 2. The van der Waals surface area contributed by atoms with Crippen LogP contribution < -0.4 is 10.6 Å². The van der Waals surface area contributed by atoms with Crippen LogP contribution in [0.4, 0.5) is 13.2 Å². The monoisotopic (exact) mass is 282 g/mol. The van der Waals surface area contributed by atoms with E-state index in [4.69, 9.17) is 0 Å². The van der Waals surface area contributed by atoms with Crippen molar-refractivity contribution in [3.63, 3.8) is 0 Å². The van der Waals surface area contributed by atoms with Crippen molar-refractivity contribution < 1.29 is 18.0 Å². The van der Waals surface area contributed by atoms with Gasteiger partial charge < -0.3 is 15.5 Å². The summed E-state index contributed by atoms with van der Waals surface area (Å²) in [5.41, 5.74) is 0. The van der Waals surface area contributed by atoms with Crippen LogP contribution in [-0.2, 0) is 4.79 Å². The summed E-state index contributed by atoms with van der Waals surface area (Å²) in [4.78, 5) is 16.0.